The fourth-order valence-corrected chi connectivity index (χ4v) is 3.11. The third-order valence-corrected chi connectivity index (χ3v) is 4.43. The van der Waals surface area contributed by atoms with Crippen molar-refractivity contribution in [2.75, 3.05) is 0 Å². The summed E-state index contributed by atoms with van der Waals surface area (Å²) in [4.78, 5) is 9.76. The minimum Gasteiger partial charge on any atom is -0.271 e. The Balaban J connectivity index is 1.81. The quantitative estimate of drug-likeness (QED) is 0.649. The molecule has 3 aromatic rings. The zero-order valence-corrected chi connectivity index (χ0v) is 15.8. The van der Waals surface area contributed by atoms with Crippen molar-refractivity contribution in [1.82, 2.24) is 20.2 Å². The summed E-state index contributed by atoms with van der Waals surface area (Å²) < 4.78 is 1.59. The van der Waals surface area contributed by atoms with Crippen LogP contribution in [0.25, 0.3) is 11.9 Å². The average molecular weight is 369 g/mol. The van der Waals surface area contributed by atoms with Crippen molar-refractivity contribution >= 4 is 23.5 Å². The number of nitrogens with zero attached hydrogens (tertiary/aromatic N) is 3. The molecular weight excluding hydrogens is 348 g/mol. The van der Waals surface area contributed by atoms with E-state index < -0.39 is 0 Å². The van der Waals surface area contributed by atoms with Crippen LogP contribution in [0.4, 0.5) is 0 Å². The van der Waals surface area contributed by atoms with E-state index in [2.05, 4.69) is 48.5 Å². The first kappa shape index (κ1) is 18.2. The predicted molar refractivity (Wildman–Crippen MR) is 104 cm³/mol. The van der Waals surface area contributed by atoms with Gasteiger partial charge in [-0.2, -0.15) is 5.10 Å². The highest BCUT2D eigenvalue weighted by atomic mass is 35.5. The van der Waals surface area contributed by atoms with E-state index in [0.717, 1.165) is 5.56 Å². The predicted octanol–water partition coefficient (Wildman–Crippen LogP) is 4.53. The van der Waals surface area contributed by atoms with Crippen LogP contribution in [0.3, 0.4) is 0 Å². The van der Waals surface area contributed by atoms with Gasteiger partial charge in [-0.3, -0.25) is 10.3 Å². The molecule has 5 nitrogen and oxygen atoms in total. The monoisotopic (exact) mass is 368 g/mol. The van der Waals surface area contributed by atoms with Crippen molar-refractivity contribution in [3.8, 4) is 0 Å². The van der Waals surface area contributed by atoms with Gasteiger partial charge in [0.2, 0.25) is 0 Å². The van der Waals surface area contributed by atoms with Crippen LogP contribution in [0, 0.1) is 20.8 Å². The second kappa shape index (κ2) is 8.17. The van der Waals surface area contributed by atoms with E-state index in [9.17, 15) is 0 Å². The number of benzene rings is 2. The molecule has 2 aromatic carbocycles. The number of hydroxylamine groups is 1. The van der Waals surface area contributed by atoms with E-state index in [0.29, 0.717) is 17.3 Å². The lowest BCUT2D eigenvalue weighted by atomic mass is 10.0. The Morgan fingerprint density at radius 3 is 2.58 bits per heavy atom. The molecule has 0 saturated carbocycles. The van der Waals surface area contributed by atoms with Gasteiger partial charge in [0.1, 0.15) is 19.3 Å². The molecule has 0 spiro atoms. The summed E-state index contributed by atoms with van der Waals surface area (Å²) in [6.45, 7) is 6.73. The third-order valence-electron chi connectivity index (χ3n) is 4.10. The average Bonchev–Trinajstić information content (AvgIpc) is 3.10. The normalized spacial score (nSPS) is 11.6. The van der Waals surface area contributed by atoms with Crippen molar-refractivity contribution in [1.29, 1.82) is 0 Å². The maximum atomic E-state index is 6.34. The van der Waals surface area contributed by atoms with E-state index >= 15 is 0 Å². The molecule has 134 valence electrons. The van der Waals surface area contributed by atoms with Gasteiger partial charge in [0.05, 0.1) is 16.9 Å². The summed E-state index contributed by atoms with van der Waals surface area (Å²) in [5.74, 6) is 0. The Morgan fingerprint density at radius 2 is 1.92 bits per heavy atom. The van der Waals surface area contributed by atoms with Gasteiger partial charge in [-0.05, 0) is 43.5 Å². The van der Waals surface area contributed by atoms with Crippen molar-refractivity contribution < 1.29 is 4.84 Å². The first-order valence-electron chi connectivity index (χ1n) is 8.30. The molecule has 0 bridgehead atoms. The van der Waals surface area contributed by atoms with Crippen LogP contribution < -0.4 is 5.48 Å². The maximum absolute atomic E-state index is 6.34. The molecular formula is C20H21ClN4O. The fraction of sp³-hybridized carbons (Fsp3) is 0.200. The highest BCUT2D eigenvalue weighted by Gasteiger charge is 2.09. The van der Waals surface area contributed by atoms with Gasteiger partial charge in [0, 0.05) is 5.56 Å². The fourth-order valence-electron chi connectivity index (χ4n) is 2.87. The minimum atomic E-state index is 0.442. The number of aryl methyl sites for hydroxylation is 3. The lowest BCUT2D eigenvalue weighted by Gasteiger charge is -2.15. The Kier molecular flexibility index (Phi) is 5.71. The Bertz CT molecular complexity index is 896. The van der Waals surface area contributed by atoms with E-state index in [4.69, 9.17) is 16.4 Å². The summed E-state index contributed by atoms with van der Waals surface area (Å²) in [6, 6.07) is 11.9. The van der Waals surface area contributed by atoms with Crippen molar-refractivity contribution in [3.05, 3.63) is 81.9 Å². The molecule has 1 N–H and O–H groups in total. The van der Waals surface area contributed by atoms with Gasteiger partial charge in [0.15, 0.2) is 0 Å². The Hall–Kier alpha value is -2.63. The zero-order chi connectivity index (χ0) is 18.5. The first-order chi connectivity index (χ1) is 12.5. The molecule has 0 saturated heterocycles. The topological polar surface area (TPSA) is 52.0 Å². The molecule has 0 radical (unpaired) electrons. The number of hydrogen-bond donors (Lipinski definition) is 1. The van der Waals surface area contributed by atoms with Gasteiger partial charge in [-0.1, -0.05) is 47.5 Å². The molecule has 0 fully saturated rings. The van der Waals surface area contributed by atoms with Crippen LogP contribution in [0.15, 0.2) is 49.1 Å². The number of rotatable bonds is 6. The van der Waals surface area contributed by atoms with Gasteiger partial charge < -0.3 is 0 Å². The molecule has 1 heterocycles. The van der Waals surface area contributed by atoms with Crippen molar-refractivity contribution in [3.63, 3.8) is 0 Å². The maximum Gasteiger partial charge on any atom is 0.138 e. The molecule has 6 heteroatoms. The van der Waals surface area contributed by atoms with E-state index in [1.165, 1.54) is 28.6 Å². The Morgan fingerprint density at radius 1 is 1.19 bits per heavy atom. The smallest absolute Gasteiger partial charge is 0.138 e. The third kappa shape index (κ3) is 4.31. The molecule has 3 rings (SSSR count). The summed E-state index contributed by atoms with van der Waals surface area (Å²) in [5, 5.41) is 4.73. The largest absolute Gasteiger partial charge is 0.271 e. The van der Waals surface area contributed by atoms with Crippen molar-refractivity contribution in [2.45, 2.75) is 27.4 Å². The van der Waals surface area contributed by atoms with Crippen LogP contribution in [-0.4, -0.2) is 14.8 Å². The molecule has 0 atom stereocenters. The summed E-state index contributed by atoms with van der Waals surface area (Å²) in [6.07, 6.45) is 4.86. The van der Waals surface area contributed by atoms with E-state index in [1.54, 1.807) is 17.2 Å². The number of nitrogens with one attached hydrogen (secondary N) is 1. The molecule has 1 aromatic heterocycles. The van der Waals surface area contributed by atoms with Crippen LogP contribution in [0.5, 0.6) is 0 Å². The SMILES string of the molecule is Cc1cc(C)c(CONC(=Cn2cncn2)c2ccccc2Cl)c(C)c1. The van der Waals surface area contributed by atoms with Crippen molar-refractivity contribution in [2.24, 2.45) is 0 Å². The van der Waals surface area contributed by atoms with Crippen LogP contribution >= 0.6 is 11.6 Å². The van der Waals surface area contributed by atoms with Crippen LogP contribution in [-0.2, 0) is 11.4 Å². The van der Waals surface area contributed by atoms with Gasteiger partial charge in [-0.25, -0.2) is 9.67 Å². The minimum absolute atomic E-state index is 0.442. The molecule has 0 aliphatic carbocycles. The Labute approximate surface area is 158 Å². The number of halogens is 1. The summed E-state index contributed by atoms with van der Waals surface area (Å²) in [7, 11) is 0. The number of hydrogen-bond acceptors (Lipinski definition) is 4. The lowest BCUT2D eigenvalue weighted by Crippen LogP contribution is -2.15. The standard InChI is InChI=1S/C20H21ClN4O/c1-14-8-15(2)18(16(3)9-14)11-26-24-20(10-25-13-22-12-23-25)17-6-4-5-7-19(17)21/h4-10,12-13,24H,11H2,1-3H3. The second-order valence-electron chi connectivity index (χ2n) is 6.17. The van der Waals surface area contributed by atoms with Crippen LogP contribution in [0.2, 0.25) is 5.02 Å². The molecule has 0 unspecified atom stereocenters. The lowest BCUT2D eigenvalue weighted by molar-refractivity contribution is 0.0642. The zero-order valence-electron chi connectivity index (χ0n) is 15.0. The molecule has 0 aliphatic rings. The van der Waals surface area contributed by atoms with Gasteiger partial charge >= 0.3 is 0 Å². The highest BCUT2D eigenvalue weighted by Crippen LogP contribution is 2.23. The second-order valence-corrected chi connectivity index (χ2v) is 6.57. The van der Waals surface area contributed by atoms with Crippen LogP contribution in [0.1, 0.15) is 27.8 Å². The molecule has 0 amide bonds. The van der Waals surface area contributed by atoms with E-state index in [1.807, 2.05) is 24.3 Å². The summed E-state index contributed by atoms with van der Waals surface area (Å²) in [5.41, 5.74) is 9.38. The molecule has 26 heavy (non-hydrogen) atoms. The van der Waals surface area contributed by atoms with Gasteiger partial charge in [-0.15, -0.1) is 0 Å². The first-order valence-corrected chi connectivity index (χ1v) is 8.68. The van der Waals surface area contributed by atoms with Gasteiger partial charge in [0.25, 0.3) is 0 Å². The molecule has 0 aliphatic heterocycles. The number of aromatic nitrogens is 3. The highest BCUT2D eigenvalue weighted by molar-refractivity contribution is 6.32. The van der Waals surface area contributed by atoms with E-state index in [-0.39, 0.29) is 0 Å². The summed E-state index contributed by atoms with van der Waals surface area (Å²) >= 11 is 6.34.